The molecule has 1 amide bonds. The molecule has 1 saturated heterocycles. The zero-order valence-electron chi connectivity index (χ0n) is 16.5. The third kappa shape index (κ3) is 5.14. The quantitative estimate of drug-likeness (QED) is 0.844. The van der Waals surface area contributed by atoms with E-state index in [1.54, 1.807) is 11.0 Å². The molecular weight excluding hydrogens is 342 g/mol. The van der Waals surface area contributed by atoms with Gasteiger partial charge in [-0.05, 0) is 37.5 Å². The summed E-state index contributed by atoms with van der Waals surface area (Å²) >= 11 is 0. The predicted molar refractivity (Wildman–Crippen MR) is 104 cm³/mol. The van der Waals surface area contributed by atoms with Crippen LogP contribution in [0.3, 0.4) is 0 Å². The van der Waals surface area contributed by atoms with E-state index >= 15 is 0 Å². The highest BCUT2D eigenvalue weighted by atomic mass is 16.5. The molecule has 27 heavy (non-hydrogen) atoms. The van der Waals surface area contributed by atoms with Crippen molar-refractivity contribution in [1.29, 1.82) is 0 Å². The van der Waals surface area contributed by atoms with Gasteiger partial charge in [-0.25, -0.2) is 9.67 Å². The molecule has 1 N–H and O–H groups in total. The number of aromatic nitrogens is 3. The highest BCUT2D eigenvalue weighted by molar-refractivity contribution is 5.95. The van der Waals surface area contributed by atoms with Crippen LogP contribution in [0.25, 0.3) is 0 Å². The number of carbonyl (C=O) groups excluding carboxylic acids is 1. The molecule has 0 spiro atoms. The summed E-state index contributed by atoms with van der Waals surface area (Å²) in [6, 6.07) is 7.69. The molecule has 1 aliphatic rings. The van der Waals surface area contributed by atoms with Gasteiger partial charge in [0.05, 0.1) is 24.8 Å². The minimum absolute atomic E-state index is 0.0317. The van der Waals surface area contributed by atoms with E-state index in [2.05, 4.69) is 48.0 Å². The number of nitrogens with zero attached hydrogens (tertiary/aromatic N) is 4. The van der Waals surface area contributed by atoms with Crippen LogP contribution in [-0.4, -0.2) is 56.9 Å². The number of carbonyl (C=O) groups is 1. The minimum atomic E-state index is -0.183. The van der Waals surface area contributed by atoms with Crippen molar-refractivity contribution in [2.75, 3.05) is 18.4 Å². The summed E-state index contributed by atoms with van der Waals surface area (Å²) < 4.78 is 7.58. The molecule has 1 aliphatic heterocycles. The van der Waals surface area contributed by atoms with Crippen molar-refractivity contribution in [2.45, 2.75) is 52.5 Å². The van der Waals surface area contributed by atoms with Gasteiger partial charge >= 0.3 is 0 Å². The van der Waals surface area contributed by atoms with Crippen LogP contribution < -0.4 is 5.32 Å². The van der Waals surface area contributed by atoms with E-state index in [-0.39, 0.29) is 30.1 Å². The number of ether oxygens (including phenoxy) is 1. The highest BCUT2D eigenvalue weighted by Gasteiger charge is 2.34. The van der Waals surface area contributed by atoms with Gasteiger partial charge in [0.2, 0.25) is 5.91 Å². The number of anilines is 1. The van der Waals surface area contributed by atoms with Crippen LogP contribution in [0.4, 0.5) is 5.69 Å². The number of rotatable bonds is 6. The maximum Gasteiger partial charge on any atom is 0.241 e. The third-order valence-electron chi connectivity index (χ3n) is 4.75. The lowest BCUT2D eigenvalue weighted by atomic mass is 9.99. The van der Waals surface area contributed by atoms with Gasteiger partial charge in [0.25, 0.3) is 0 Å². The standard InChI is InChI=1S/C20H29N5O2/c1-14(2)19(24-9-15(3)27-16(4)10-24)20(26)23-18-7-5-6-17(8-18)11-25-13-21-12-22-25/h5-8,12-16,19H,9-11H2,1-4H3,(H,23,26)/t15-,16-,19+/m1/s1. The van der Waals surface area contributed by atoms with Crippen LogP contribution >= 0.6 is 0 Å². The molecule has 146 valence electrons. The predicted octanol–water partition coefficient (Wildman–Crippen LogP) is 2.40. The molecule has 0 bridgehead atoms. The maximum atomic E-state index is 13.1. The zero-order valence-corrected chi connectivity index (χ0v) is 16.5. The minimum Gasteiger partial charge on any atom is -0.373 e. The van der Waals surface area contributed by atoms with Crippen LogP contribution in [0.15, 0.2) is 36.9 Å². The summed E-state index contributed by atoms with van der Waals surface area (Å²) in [4.78, 5) is 19.3. The number of benzene rings is 1. The maximum absolute atomic E-state index is 13.1. The molecule has 0 saturated carbocycles. The van der Waals surface area contributed by atoms with Gasteiger partial charge < -0.3 is 10.1 Å². The van der Waals surface area contributed by atoms with Crippen molar-refractivity contribution in [2.24, 2.45) is 5.92 Å². The van der Waals surface area contributed by atoms with Gasteiger partial charge in [-0.3, -0.25) is 9.69 Å². The van der Waals surface area contributed by atoms with Crippen LogP contribution in [0.1, 0.15) is 33.3 Å². The average Bonchev–Trinajstić information content (AvgIpc) is 3.07. The molecule has 7 heteroatoms. The normalized spacial score (nSPS) is 22.0. The topological polar surface area (TPSA) is 72.3 Å². The van der Waals surface area contributed by atoms with Crippen LogP contribution in [0.2, 0.25) is 0 Å². The lowest BCUT2D eigenvalue weighted by molar-refractivity contribution is -0.130. The summed E-state index contributed by atoms with van der Waals surface area (Å²) in [5.74, 6) is 0.241. The van der Waals surface area contributed by atoms with Crippen molar-refractivity contribution in [1.82, 2.24) is 19.7 Å². The number of nitrogens with one attached hydrogen (secondary N) is 1. The Kier molecular flexibility index (Phi) is 6.23. The Balaban J connectivity index is 1.70. The lowest BCUT2D eigenvalue weighted by Crippen LogP contribution is -2.55. The SMILES string of the molecule is CC(C)[C@@H](C(=O)Nc1cccc(Cn2cncn2)c1)N1C[C@@H](C)O[C@H](C)C1. The summed E-state index contributed by atoms with van der Waals surface area (Å²) in [6.45, 7) is 10.5. The summed E-state index contributed by atoms with van der Waals surface area (Å²) in [5.41, 5.74) is 1.87. The lowest BCUT2D eigenvalue weighted by Gasteiger charge is -2.41. The molecule has 0 unspecified atom stereocenters. The van der Waals surface area contributed by atoms with Gasteiger partial charge in [0.15, 0.2) is 0 Å². The molecule has 1 fully saturated rings. The Morgan fingerprint density at radius 3 is 2.67 bits per heavy atom. The summed E-state index contributed by atoms with van der Waals surface area (Å²) in [5, 5.41) is 7.23. The first-order chi connectivity index (χ1) is 12.9. The first kappa shape index (κ1) is 19.5. The van der Waals surface area contributed by atoms with Gasteiger partial charge in [-0.15, -0.1) is 0 Å². The fourth-order valence-corrected chi connectivity index (χ4v) is 3.80. The highest BCUT2D eigenvalue weighted by Crippen LogP contribution is 2.21. The van der Waals surface area contributed by atoms with Crippen molar-refractivity contribution >= 4 is 11.6 Å². The van der Waals surface area contributed by atoms with Crippen molar-refractivity contribution in [3.63, 3.8) is 0 Å². The molecule has 2 aromatic rings. The van der Waals surface area contributed by atoms with E-state index < -0.39 is 0 Å². The van der Waals surface area contributed by atoms with E-state index in [4.69, 9.17) is 4.74 Å². The number of morpholine rings is 1. The first-order valence-electron chi connectivity index (χ1n) is 9.54. The molecule has 0 aliphatic carbocycles. The molecule has 1 aromatic carbocycles. The summed E-state index contributed by atoms with van der Waals surface area (Å²) in [6.07, 6.45) is 3.46. The number of hydrogen-bond acceptors (Lipinski definition) is 5. The van der Waals surface area contributed by atoms with E-state index in [9.17, 15) is 4.79 Å². The van der Waals surface area contributed by atoms with E-state index in [1.165, 1.54) is 6.33 Å². The Labute approximate surface area is 160 Å². The first-order valence-corrected chi connectivity index (χ1v) is 9.54. The fourth-order valence-electron chi connectivity index (χ4n) is 3.80. The third-order valence-corrected chi connectivity index (χ3v) is 4.75. The molecule has 0 radical (unpaired) electrons. The van der Waals surface area contributed by atoms with Crippen molar-refractivity contribution < 1.29 is 9.53 Å². The Morgan fingerprint density at radius 2 is 2.04 bits per heavy atom. The second-order valence-electron chi connectivity index (χ2n) is 7.68. The van der Waals surface area contributed by atoms with E-state index in [0.29, 0.717) is 6.54 Å². The monoisotopic (exact) mass is 371 g/mol. The molecule has 3 rings (SSSR count). The molecule has 7 nitrogen and oxygen atoms in total. The Morgan fingerprint density at radius 1 is 1.30 bits per heavy atom. The second kappa shape index (κ2) is 8.63. The van der Waals surface area contributed by atoms with Crippen LogP contribution in [0.5, 0.6) is 0 Å². The van der Waals surface area contributed by atoms with E-state index in [1.807, 2.05) is 24.3 Å². The second-order valence-corrected chi connectivity index (χ2v) is 7.68. The Bertz CT molecular complexity index is 737. The smallest absolute Gasteiger partial charge is 0.241 e. The molecule has 3 atom stereocenters. The molecular formula is C20H29N5O2. The largest absolute Gasteiger partial charge is 0.373 e. The zero-order chi connectivity index (χ0) is 19.4. The molecule has 1 aromatic heterocycles. The van der Waals surface area contributed by atoms with Gasteiger partial charge in [0, 0.05) is 18.8 Å². The molecule has 2 heterocycles. The van der Waals surface area contributed by atoms with Gasteiger partial charge in [-0.2, -0.15) is 5.10 Å². The van der Waals surface area contributed by atoms with Crippen LogP contribution in [-0.2, 0) is 16.1 Å². The fraction of sp³-hybridized carbons (Fsp3) is 0.550. The van der Waals surface area contributed by atoms with Gasteiger partial charge in [-0.1, -0.05) is 26.0 Å². The summed E-state index contributed by atoms with van der Waals surface area (Å²) in [7, 11) is 0. The Hall–Kier alpha value is -2.25. The number of amides is 1. The van der Waals surface area contributed by atoms with Crippen molar-refractivity contribution in [3.8, 4) is 0 Å². The average molecular weight is 371 g/mol. The van der Waals surface area contributed by atoms with Crippen LogP contribution in [0, 0.1) is 5.92 Å². The van der Waals surface area contributed by atoms with Crippen molar-refractivity contribution in [3.05, 3.63) is 42.5 Å². The van der Waals surface area contributed by atoms with E-state index in [0.717, 1.165) is 24.3 Å². The van der Waals surface area contributed by atoms with Gasteiger partial charge in [0.1, 0.15) is 12.7 Å². The number of hydrogen-bond donors (Lipinski definition) is 1.